The van der Waals surface area contributed by atoms with Crippen molar-refractivity contribution < 1.29 is 18.3 Å². The van der Waals surface area contributed by atoms with E-state index >= 15 is 0 Å². The maximum absolute atomic E-state index is 13.6. The lowest BCUT2D eigenvalue weighted by Crippen LogP contribution is -2.50. The maximum Gasteiger partial charge on any atom is 0.410 e. The number of hydrogen-bond donors (Lipinski definition) is 0. The highest BCUT2D eigenvalue weighted by atomic mass is 35.5. The quantitative estimate of drug-likeness (QED) is 0.778. The Morgan fingerprint density at radius 3 is 2.21 bits per heavy atom. The summed E-state index contributed by atoms with van der Waals surface area (Å²) in [5, 5.41) is 0.0543. The molecular formula is C17H23ClF2N2O2. The first-order valence-electron chi connectivity index (χ1n) is 7.88. The van der Waals surface area contributed by atoms with Crippen molar-refractivity contribution >= 4 is 23.4 Å². The predicted octanol–water partition coefficient (Wildman–Crippen LogP) is 4.51. The Kier molecular flexibility index (Phi) is 5.28. The summed E-state index contributed by atoms with van der Waals surface area (Å²) >= 11 is 5.88. The zero-order valence-corrected chi connectivity index (χ0v) is 15.2. The van der Waals surface area contributed by atoms with E-state index in [0.29, 0.717) is 31.9 Å². The molecule has 0 radical (unpaired) electrons. The average molecular weight is 361 g/mol. The van der Waals surface area contributed by atoms with Crippen molar-refractivity contribution in [1.82, 2.24) is 4.90 Å². The molecule has 0 spiro atoms. The minimum Gasteiger partial charge on any atom is -0.444 e. The van der Waals surface area contributed by atoms with E-state index in [0.717, 1.165) is 6.92 Å². The molecule has 1 amide bonds. The van der Waals surface area contributed by atoms with E-state index in [1.165, 1.54) is 12.1 Å². The van der Waals surface area contributed by atoms with E-state index in [-0.39, 0.29) is 16.7 Å². The standard InChI is InChI=1S/C17H23ClF2N2O2/c1-16(2,3)24-15(23)22-9-7-21(8-10-22)12-5-6-14(18)13(11-12)17(4,19)20/h5-6,11H,7-10H2,1-4H3. The zero-order chi connectivity index (χ0) is 18.1. The molecule has 1 saturated heterocycles. The Bertz CT molecular complexity index is 604. The van der Waals surface area contributed by atoms with Gasteiger partial charge in [0.2, 0.25) is 0 Å². The van der Waals surface area contributed by atoms with E-state index < -0.39 is 11.5 Å². The Morgan fingerprint density at radius 2 is 1.71 bits per heavy atom. The van der Waals surface area contributed by atoms with Gasteiger partial charge in [-0.25, -0.2) is 13.6 Å². The lowest BCUT2D eigenvalue weighted by atomic mass is 10.1. The monoisotopic (exact) mass is 360 g/mol. The summed E-state index contributed by atoms with van der Waals surface area (Å²) < 4.78 is 32.6. The molecule has 4 nitrogen and oxygen atoms in total. The molecule has 0 aliphatic carbocycles. The molecule has 1 aromatic rings. The van der Waals surface area contributed by atoms with Crippen molar-refractivity contribution in [2.75, 3.05) is 31.1 Å². The van der Waals surface area contributed by atoms with Crippen LogP contribution in [-0.2, 0) is 10.7 Å². The highest BCUT2D eigenvalue weighted by molar-refractivity contribution is 6.31. The van der Waals surface area contributed by atoms with Gasteiger partial charge >= 0.3 is 6.09 Å². The van der Waals surface area contributed by atoms with Crippen LogP contribution in [0.15, 0.2) is 18.2 Å². The van der Waals surface area contributed by atoms with Gasteiger partial charge in [-0.3, -0.25) is 0 Å². The van der Waals surface area contributed by atoms with Crippen LogP contribution < -0.4 is 4.90 Å². The molecule has 7 heteroatoms. The number of nitrogens with zero attached hydrogens (tertiary/aromatic N) is 2. The number of amides is 1. The molecule has 1 heterocycles. The van der Waals surface area contributed by atoms with Crippen LogP contribution in [0.4, 0.5) is 19.3 Å². The molecule has 0 saturated carbocycles. The first-order valence-corrected chi connectivity index (χ1v) is 8.26. The largest absolute Gasteiger partial charge is 0.444 e. The molecule has 1 aliphatic rings. The van der Waals surface area contributed by atoms with Gasteiger partial charge < -0.3 is 14.5 Å². The Hall–Kier alpha value is -1.56. The van der Waals surface area contributed by atoms with Gasteiger partial charge in [-0.15, -0.1) is 0 Å². The SMILES string of the molecule is CC(C)(C)OC(=O)N1CCN(c2ccc(Cl)c(C(C)(F)F)c2)CC1. The van der Waals surface area contributed by atoms with E-state index in [9.17, 15) is 13.6 Å². The van der Waals surface area contributed by atoms with Crippen molar-refractivity contribution in [3.8, 4) is 0 Å². The fourth-order valence-corrected chi connectivity index (χ4v) is 2.80. The van der Waals surface area contributed by atoms with Crippen molar-refractivity contribution in [2.45, 2.75) is 39.2 Å². The number of piperazine rings is 1. The van der Waals surface area contributed by atoms with Crippen LogP contribution in [0.3, 0.4) is 0 Å². The van der Waals surface area contributed by atoms with Gasteiger partial charge in [-0.2, -0.15) is 0 Å². The Balaban J connectivity index is 2.04. The van der Waals surface area contributed by atoms with Crippen LogP contribution in [0, 0.1) is 0 Å². The lowest BCUT2D eigenvalue weighted by Gasteiger charge is -2.37. The molecule has 1 aromatic carbocycles. The van der Waals surface area contributed by atoms with Gasteiger partial charge in [0.1, 0.15) is 5.60 Å². The number of rotatable bonds is 2. The number of halogens is 3. The fourth-order valence-electron chi connectivity index (χ4n) is 2.52. The van der Waals surface area contributed by atoms with Gasteiger partial charge in [0.05, 0.1) is 0 Å². The third-order valence-corrected chi connectivity index (χ3v) is 4.05. The van der Waals surface area contributed by atoms with Crippen molar-refractivity contribution in [1.29, 1.82) is 0 Å². The molecule has 24 heavy (non-hydrogen) atoms. The summed E-state index contributed by atoms with van der Waals surface area (Å²) in [4.78, 5) is 15.7. The number of hydrogen-bond acceptors (Lipinski definition) is 3. The van der Waals surface area contributed by atoms with E-state index in [1.807, 2.05) is 25.7 Å². The second kappa shape index (κ2) is 6.75. The number of ether oxygens (including phenoxy) is 1. The van der Waals surface area contributed by atoms with Gasteiger partial charge in [-0.05, 0) is 39.0 Å². The molecule has 134 valence electrons. The first kappa shape index (κ1) is 18.8. The highest BCUT2D eigenvalue weighted by Gasteiger charge is 2.30. The van der Waals surface area contributed by atoms with Crippen LogP contribution in [0.5, 0.6) is 0 Å². The van der Waals surface area contributed by atoms with Gasteiger partial charge in [0, 0.05) is 49.4 Å². The summed E-state index contributed by atoms with van der Waals surface area (Å²) in [6, 6.07) is 4.63. The van der Waals surface area contributed by atoms with Crippen LogP contribution in [0.1, 0.15) is 33.3 Å². The van der Waals surface area contributed by atoms with E-state index in [1.54, 1.807) is 11.0 Å². The summed E-state index contributed by atoms with van der Waals surface area (Å²) in [7, 11) is 0. The Morgan fingerprint density at radius 1 is 1.12 bits per heavy atom. The first-order chi connectivity index (χ1) is 11.0. The van der Waals surface area contributed by atoms with Gasteiger partial charge in [0.25, 0.3) is 5.92 Å². The molecule has 0 N–H and O–H groups in total. The van der Waals surface area contributed by atoms with Crippen molar-refractivity contribution in [3.63, 3.8) is 0 Å². The Labute approximate surface area is 146 Å². The maximum atomic E-state index is 13.6. The second-order valence-corrected chi connectivity index (χ2v) is 7.41. The smallest absolute Gasteiger partial charge is 0.410 e. The predicted molar refractivity (Wildman–Crippen MR) is 91.0 cm³/mol. The summed E-state index contributed by atoms with van der Waals surface area (Å²) in [5.41, 5.74) is -0.0394. The molecule has 0 atom stereocenters. The lowest BCUT2D eigenvalue weighted by molar-refractivity contribution is 0.0176. The molecule has 1 aliphatic heterocycles. The average Bonchev–Trinajstić information content (AvgIpc) is 2.45. The highest BCUT2D eigenvalue weighted by Crippen LogP contribution is 2.35. The second-order valence-electron chi connectivity index (χ2n) is 7.01. The zero-order valence-electron chi connectivity index (χ0n) is 14.4. The summed E-state index contributed by atoms with van der Waals surface area (Å²) in [5.74, 6) is -2.99. The molecule has 0 bridgehead atoms. The number of benzene rings is 1. The van der Waals surface area contributed by atoms with Gasteiger partial charge in [0.15, 0.2) is 0 Å². The van der Waals surface area contributed by atoms with Crippen LogP contribution in [0.2, 0.25) is 5.02 Å². The molecular weight excluding hydrogens is 338 g/mol. The topological polar surface area (TPSA) is 32.8 Å². The number of carbonyl (C=O) groups excluding carboxylic acids is 1. The minimum absolute atomic E-state index is 0.0543. The molecule has 2 rings (SSSR count). The third kappa shape index (κ3) is 4.72. The molecule has 0 aromatic heterocycles. The molecule has 0 unspecified atom stereocenters. The van der Waals surface area contributed by atoms with Crippen LogP contribution in [-0.4, -0.2) is 42.8 Å². The summed E-state index contributed by atoms with van der Waals surface area (Å²) in [6.07, 6.45) is -0.348. The van der Waals surface area contributed by atoms with Crippen LogP contribution in [0.25, 0.3) is 0 Å². The van der Waals surface area contributed by atoms with Crippen molar-refractivity contribution in [2.24, 2.45) is 0 Å². The van der Waals surface area contributed by atoms with Crippen molar-refractivity contribution in [3.05, 3.63) is 28.8 Å². The van der Waals surface area contributed by atoms with E-state index in [2.05, 4.69) is 0 Å². The van der Waals surface area contributed by atoms with Gasteiger partial charge in [-0.1, -0.05) is 11.6 Å². The number of anilines is 1. The normalized spacial score (nSPS) is 16.3. The van der Waals surface area contributed by atoms with Crippen LogP contribution >= 0.6 is 11.6 Å². The number of carbonyl (C=O) groups is 1. The fraction of sp³-hybridized carbons (Fsp3) is 0.588. The molecule has 1 fully saturated rings. The minimum atomic E-state index is -2.99. The summed E-state index contributed by atoms with van der Waals surface area (Å²) in [6.45, 7) is 8.36. The third-order valence-electron chi connectivity index (χ3n) is 3.72. The van der Waals surface area contributed by atoms with E-state index in [4.69, 9.17) is 16.3 Å². The number of alkyl halides is 2.